The van der Waals surface area contributed by atoms with Gasteiger partial charge < -0.3 is 5.73 Å². The minimum absolute atomic E-state index is 0.263. The molecule has 0 aliphatic carbocycles. The molecule has 0 saturated heterocycles. The molecule has 1 amide bonds. The molecule has 0 spiro atoms. The quantitative estimate of drug-likeness (QED) is 0.652. The molecule has 0 atom stereocenters. The summed E-state index contributed by atoms with van der Waals surface area (Å²) in [6.45, 7) is 0. The van der Waals surface area contributed by atoms with Crippen molar-refractivity contribution in [3.63, 3.8) is 0 Å². The summed E-state index contributed by atoms with van der Waals surface area (Å²) >= 11 is 0. The molecule has 0 fully saturated rings. The maximum Gasteiger partial charge on any atom is 0.221 e. The number of rotatable bonds is 3. The van der Waals surface area contributed by atoms with Gasteiger partial charge in [0, 0.05) is 12.6 Å². The number of carbonyl (C=O) groups excluding carboxylic acids is 1. The van der Waals surface area contributed by atoms with Gasteiger partial charge in [0.05, 0.1) is 5.69 Å². The summed E-state index contributed by atoms with van der Waals surface area (Å²) in [7, 11) is 0. The topological polar surface area (TPSA) is 71.8 Å². The third-order valence-corrected chi connectivity index (χ3v) is 1.14. The van der Waals surface area contributed by atoms with Crippen LogP contribution in [0.5, 0.6) is 0 Å². The lowest BCUT2D eigenvalue weighted by atomic mass is 10.3. The fourth-order valence-corrected chi connectivity index (χ4v) is 0.662. The Balaban J connectivity index is 2.43. The molecule has 1 rings (SSSR count). The molecule has 1 aromatic heterocycles. The van der Waals surface area contributed by atoms with E-state index in [1.165, 1.54) is 0 Å². The van der Waals surface area contributed by atoms with E-state index in [1.54, 1.807) is 24.4 Å². The van der Waals surface area contributed by atoms with Crippen molar-refractivity contribution < 1.29 is 4.79 Å². The highest BCUT2D eigenvalue weighted by atomic mass is 16.1. The highest BCUT2D eigenvalue weighted by Crippen LogP contribution is 1.95. The van der Waals surface area contributed by atoms with E-state index in [1.807, 2.05) is 0 Å². The number of aromatic nitrogens is 2. The van der Waals surface area contributed by atoms with Crippen molar-refractivity contribution >= 4 is 12.0 Å². The van der Waals surface area contributed by atoms with Crippen molar-refractivity contribution in [3.05, 3.63) is 24.0 Å². The average Bonchev–Trinajstić information content (AvgIpc) is 2.39. The van der Waals surface area contributed by atoms with E-state index in [2.05, 4.69) is 10.2 Å². The Morgan fingerprint density at radius 2 is 2.64 bits per heavy atom. The fraction of sp³-hybridized carbons (Fsp3) is 0.143. The molecular formula is C7H9N3O. The normalized spacial score (nSPS) is 10.5. The number of aromatic amines is 1. The molecule has 0 aromatic carbocycles. The van der Waals surface area contributed by atoms with Gasteiger partial charge >= 0.3 is 0 Å². The zero-order valence-corrected chi connectivity index (χ0v) is 5.95. The second-order valence-corrected chi connectivity index (χ2v) is 2.08. The van der Waals surface area contributed by atoms with Gasteiger partial charge in [-0.2, -0.15) is 5.10 Å². The largest absolute Gasteiger partial charge is 0.369 e. The average molecular weight is 151 g/mol. The predicted molar refractivity (Wildman–Crippen MR) is 41.4 cm³/mol. The van der Waals surface area contributed by atoms with E-state index in [4.69, 9.17) is 5.73 Å². The highest BCUT2D eigenvalue weighted by molar-refractivity contribution is 5.76. The third-order valence-electron chi connectivity index (χ3n) is 1.14. The van der Waals surface area contributed by atoms with Gasteiger partial charge in [-0.15, -0.1) is 0 Å². The molecule has 3 N–H and O–H groups in total. The van der Waals surface area contributed by atoms with Gasteiger partial charge in [-0.3, -0.25) is 9.89 Å². The van der Waals surface area contributed by atoms with Gasteiger partial charge in [0.25, 0.3) is 0 Å². The van der Waals surface area contributed by atoms with Crippen LogP contribution in [0.1, 0.15) is 12.1 Å². The molecule has 0 bridgehead atoms. The fourth-order valence-electron chi connectivity index (χ4n) is 0.662. The molecule has 4 nitrogen and oxygen atoms in total. The Kier molecular flexibility index (Phi) is 2.43. The summed E-state index contributed by atoms with van der Waals surface area (Å²) < 4.78 is 0. The lowest BCUT2D eigenvalue weighted by Crippen LogP contribution is -2.07. The van der Waals surface area contributed by atoms with Crippen LogP contribution in [0.4, 0.5) is 0 Å². The van der Waals surface area contributed by atoms with Crippen LogP contribution in [-0.2, 0) is 4.79 Å². The zero-order valence-electron chi connectivity index (χ0n) is 5.95. The monoisotopic (exact) mass is 151 g/mol. The Labute approximate surface area is 64.1 Å². The van der Waals surface area contributed by atoms with Crippen LogP contribution >= 0.6 is 0 Å². The van der Waals surface area contributed by atoms with Crippen LogP contribution in [0.15, 0.2) is 18.3 Å². The van der Waals surface area contributed by atoms with Crippen molar-refractivity contribution in [2.75, 3.05) is 0 Å². The second kappa shape index (κ2) is 3.55. The minimum atomic E-state index is -0.333. The Morgan fingerprint density at radius 1 is 1.82 bits per heavy atom. The number of primary amides is 1. The summed E-state index contributed by atoms with van der Waals surface area (Å²) in [4.78, 5) is 10.3. The van der Waals surface area contributed by atoms with Crippen LogP contribution in [0.25, 0.3) is 6.08 Å². The molecular weight excluding hydrogens is 142 g/mol. The zero-order chi connectivity index (χ0) is 8.10. The first-order valence-corrected chi connectivity index (χ1v) is 3.23. The summed E-state index contributed by atoms with van der Waals surface area (Å²) in [5, 5.41) is 6.45. The SMILES string of the molecule is NC(=O)CC=Cc1ccn[nH]1. The van der Waals surface area contributed by atoms with E-state index in [0.29, 0.717) is 0 Å². The molecule has 58 valence electrons. The molecule has 0 aliphatic heterocycles. The maximum atomic E-state index is 10.3. The van der Waals surface area contributed by atoms with Crippen LogP contribution in [0.3, 0.4) is 0 Å². The van der Waals surface area contributed by atoms with Crippen molar-refractivity contribution in [2.24, 2.45) is 5.73 Å². The van der Waals surface area contributed by atoms with E-state index in [-0.39, 0.29) is 12.3 Å². The van der Waals surface area contributed by atoms with E-state index < -0.39 is 0 Å². The number of nitrogens with one attached hydrogen (secondary N) is 1. The Hall–Kier alpha value is -1.58. The Bertz CT molecular complexity index is 251. The predicted octanol–water partition coefficient (Wildman–Crippen LogP) is 0.298. The number of hydrogen-bond donors (Lipinski definition) is 2. The third kappa shape index (κ3) is 2.66. The van der Waals surface area contributed by atoms with Gasteiger partial charge in [-0.1, -0.05) is 6.08 Å². The van der Waals surface area contributed by atoms with Crippen LogP contribution in [0, 0.1) is 0 Å². The molecule has 11 heavy (non-hydrogen) atoms. The van der Waals surface area contributed by atoms with Crippen molar-refractivity contribution in [3.8, 4) is 0 Å². The summed E-state index contributed by atoms with van der Waals surface area (Å²) in [5.41, 5.74) is 5.78. The van der Waals surface area contributed by atoms with Crippen LogP contribution < -0.4 is 5.73 Å². The molecule has 1 aromatic rings. The van der Waals surface area contributed by atoms with Gasteiger partial charge in [0.15, 0.2) is 0 Å². The van der Waals surface area contributed by atoms with Crippen LogP contribution in [0.2, 0.25) is 0 Å². The first-order valence-electron chi connectivity index (χ1n) is 3.23. The summed E-state index contributed by atoms with van der Waals surface area (Å²) in [6.07, 6.45) is 5.36. The number of carbonyl (C=O) groups is 1. The molecule has 4 heteroatoms. The molecule has 0 unspecified atom stereocenters. The molecule has 0 aliphatic rings. The van der Waals surface area contributed by atoms with Gasteiger partial charge in [-0.25, -0.2) is 0 Å². The number of nitrogens with two attached hydrogens (primary N) is 1. The number of nitrogens with zero attached hydrogens (tertiary/aromatic N) is 1. The van der Waals surface area contributed by atoms with Crippen LogP contribution in [-0.4, -0.2) is 16.1 Å². The first-order chi connectivity index (χ1) is 5.29. The summed E-state index contributed by atoms with van der Waals surface area (Å²) in [5.74, 6) is -0.333. The highest BCUT2D eigenvalue weighted by Gasteiger charge is 1.87. The number of hydrogen-bond acceptors (Lipinski definition) is 2. The van der Waals surface area contributed by atoms with E-state index in [0.717, 1.165) is 5.69 Å². The van der Waals surface area contributed by atoms with E-state index in [9.17, 15) is 4.79 Å². The van der Waals surface area contributed by atoms with Crippen molar-refractivity contribution in [2.45, 2.75) is 6.42 Å². The van der Waals surface area contributed by atoms with Gasteiger partial charge in [0.1, 0.15) is 0 Å². The van der Waals surface area contributed by atoms with Crippen molar-refractivity contribution in [1.82, 2.24) is 10.2 Å². The first kappa shape index (κ1) is 7.53. The Morgan fingerprint density at radius 3 is 3.18 bits per heavy atom. The van der Waals surface area contributed by atoms with E-state index >= 15 is 0 Å². The van der Waals surface area contributed by atoms with Gasteiger partial charge in [0.2, 0.25) is 5.91 Å². The molecule has 1 heterocycles. The molecule has 0 saturated carbocycles. The number of amides is 1. The smallest absolute Gasteiger partial charge is 0.221 e. The second-order valence-electron chi connectivity index (χ2n) is 2.08. The van der Waals surface area contributed by atoms with Gasteiger partial charge in [-0.05, 0) is 12.1 Å². The molecule has 0 radical (unpaired) electrons. The van der Waals surface area contributed by atoms with Crippen molar-refractivity contribution in [1.29, 1.82) is 0 Å². The standard InChI is InChI=1S/C7H9N3O/c8-7(11)3-1-2-6-4-5-9-10-6/h1-2,4-5H,3H2,(H2,8,11)(H,9,10). The number of H-pyrrole nitrogens is 1. The lowest BCUT2D eigenvalue weighted by Gasteiger charge is -1.83. The summed E-state index contributed by atoms with van der Waals surface area (Å²) in [6, 6.07) is 1.80. The lowest BCUT2D eigenvalue weighted by molar-refractivity contribution is -0.117. The maximum absolute atomic E-state index is 10.3. The minimum Gasteiger partial charge on any atom is -0.369 e.